The van der Waals surface area contributed by atoms with Crippen molar-refractivity contribution < 1.29 is 15.0 Å². The molecule has 0 radical (unpaired) electrons. The van der Waals surface area contributed by atoms with Gasteiger partial charge in [-0.3, -0.25) is 0 Å². The molecule has 0 saturated carbocycles. The molecule has 0 aliphatic rings. The van der Waals surface area contributed by atoms with E-state index in [0.29, 0.717) is 5.82 Å². The molecule has 1 rings (SSSR count). The summed E-state index contributed by atoms with van der Waals surface area (Å²) in [6.45, 7) is 5.98. The lowest BCUT2D eigenvalue weighted by atomic mass is 10.1. The van der Waals surface area contributed by atoms with E-state index in [0.717, 1.165) is 18.5 Å². The lowest BCUT2D eigenvalue weighted by Gasteiger charge is -2.21. The van der Waals surface area contributed by atoms with Crippen LogP contribution in [0.2, 0.25) is 0 Å². The Bertz CT molecular complexity index is 433. The number of carboxylic acid groups (broad SMARTS) is 1. The highest BCUT2D eigenvalue weighted by molar-refractivity contribution is 5.88. The first kappa shape index (κ1) is 15.4. The molecule has 1 aromatic heterocycles. The third kappa shape index (κ3) is 4.52. The van der Waals surface area contributed by atoms with Gasteiger partial charge in [0.25, 0.3) is 0 Å². The maximum absolute atomic E-state index is 11.1. The molecule has 0 bridgehead atoms. The minimum Gasteiger partial charge on any atom is -0.478 e. The highest BCUT2D eigenvalue weighted by Crippen LogP contribution is 2.15. The maximum Gasteiger partial charge on any atom is 0.335 e. The van der Waals surface area contributed by atoms with Crippen LogP contribution in [0.1, 0.15) is 43.2 Å². The van der Waals surface area contributed by atoms with Gasteiger partial charge in [0, 0.05) is 5.69 Å². The Kier molecular flexibility index (Phi) is 5.76. The minimum atomic E-state index is -0.965. The number of carbonyl (C=O) groups is 1. The fraction of sp³-hybridized carbons (Fsp3) is 0.571. The van der Waals surface area contributed by atoms with Gasteiger partial charge in [-0.2, -0.15) is 0 Å². The topological polar surface area (TPSA) is 82.5 Å². The zero-order chi connectivity index (χ0) is 14.4. The van der Waals surface area contributed by atoms with Crippen LogP contribution >= 0.6 is 0 Å². The van der Waals surface area contributed by atoms with E-state index in [-0.39, 0.29) is 24.1 Å². The van der Waals surface area contributed by atoms with E-state index < -0.39 is 5.97 Å². The van der Waals surface area contributed by atoms with Crippen molar-refractivity contribution in [3.05, 3.63) is 23.4 Å². The predicted octanol–water partition coefficient (Wildman–Crippen LogP) is 2.16. The number of aryl methyl sites for hydroxylation is 1. The number of nitrogens with one attached hydrogen (secondary N) is 1. The number of aliphatic hydroxyl groups excluding tert-OH is 1. The summed E-state index contributed by atoms with van der Waals surface area (Å²) < 4.78 is 0. The molecular weight excluding hydrogens is 244 g/mol. The van der Waals surface area contributed by atoms with Crippen LogP contribution in [0.4, 0.5) is 5.82 Å². The largest absolute Gasteiger partial charge is 0.478 e. The summed E-state index contributed by atoms with van der Waals surface area (Å²) in [5.74, 6) is -0.223. The molecule has 0 aliphatic carbocycles. The fourth-order valence-electron chi connectivity index (χ4n) is 1.78. The van der Waals surface area contributed by atoms with E-state index in [9.17, 15) is 9.90 Å². The molecule has 19 heavy (non-hydrogen) atoms. The Morgan fingerprint density at radius 1 is 1.42 bits per heavy atom. The van der Waals surface area contributed by atoms with Crippen LogP contribution in [0.5, 0.6) is 0 Å². The van der Waals surface area contributed by atoms with Crippen molar-refractivity contribution in [3.63, 3.8) is 0 Å². The molecule has 5 nitrogen and oxygen atoms in total. The summed E-state index contributed by atoms with van der Waals surface area (Å²) in [6.07, 6.45) is 1.64. The van der Waals surface area contributed by atoms with Crippen LogP contribution < -0.4 is 5.32 Å². The van der Waals surface area contributed by atoms with Crippen molar-refractivity contribution in [1.29, 1.82) is 0 Å². The van der Waals surface area contributed by atoms with E-state index in [2.05, 4.69) is 10.3 Å². The average Bonchev–Trinajstić information content (AvgIpc) is 2.35. The van der Waals surface area contributed by atoms with Gasteiger partial charge in [0.05, 0.1) is 18.2 Å². The SMILES string of the molecule is CCCc1cc(C(=O)O)cc(N[C@H](CO)C(C)C)n1. The number of hydrogen-bond acceptors (Lipinski definition) is 4. The van der Waals surface area contributed by atoms with E-state index in [1.165, 1.54) is 6.07 Å². The molecule has 5 heteroatoms. The summed E-state index contributed by atoms with van der Waals surface area (Å²) in [5, 5.41) is 21.5. The van der Waals surface area contributed by atoms with Gasteiger partial charge in [0.1, 0.15) is 5.82 Å². The molecule has 0 amide bonds. The summed E-state index contributed by atoms with van der Waals surface area (Å²) in [4.78, 5) is 15.5. The number of aromatic carboxylic acids is 1. The molecule has 1 aromatic rings. The number of rotatable bonds is 7. The third-order valence-electron chi connectivity index (χ3n) is 2.97. The molecule has 0 fully saturated rings. The van der Waals surface area contributed by atoms with Crippen molar-refractivity contribution in [3.8, 4) is 0 Å². The lowest BCUT2D eigenvalue weighted by Crippen LogP contribution is -2.30. The van der Waals surface area contributed by atoms with E-state index in [1.807, 2.05) is 20.8 Å². The second kappa shape index (κ2) is 7.09. The van der Waals surface area contributed by atoms with Crippen LogP contribution in [0.15, 0.2) is 12.1 Å². The zero-order valence-corrected chi connectivity index (χ0v) is 11.7. The Labute approximate surface area is 113 Å². The lowest BCUT2D eigenvalue weighted by molar-refractivity contribution is 0.0696. The molecule has 0 unspecified atom stereocenters. The average molecular weight is 266 g/mol. The van der Waals surface area contributed by atoms with Gasteiger partial charge in [0.15, 0.2) is 0 Å². The molecular formula is C14H22N2O3. The molecule has 0 saturated heterocycles. The first-order valence-electron chi connectivity index (χ1n) is 6.59. The summed E-state index contributed by atoms with van der Waals surface area (Å²) >= 11 is 0. The van der Waals surface area contributed by atoms with Crippen molar-refractivity contribution >= 4 is 11.8 Å². The Morgan fingerprint density at radius 2 is 2.11 bits per heavy atom. The smallest absolute Gasteiger partial charge is 0.335 e. The van der Waals surface area contributed by atoms with Gasteiger partial charge in [-0.15, -0.1) is 0 Å². The fourth-order valence-corrected chi connectivity index (χ4v) is 1.78. The normalized spacial score (nSPS) is 12.5. The van der Waals surface area contributed by atoms with Gasteiger partial charge < -0.3 is 15.5 Å². The molecule has 0 aliphatic heterocycles. The van der Waals surface area contributed by atoms with Crippen LogP contribution in [0.25, 0.3) is 0 Å². The summed E-state index contributed by atoms with van der Waals surface area (Å²) in [7, 11) is 0. The van der Waals surface area contributed by atoms with Gasteiger partial charge in [0.2, 0.25) is 0 Å². The monoisotopic (exact) mass is 266 g/mol. The molecule has 106 valence electrons. The van der Waals surface area contributed by atoms with E-state index in [4.69, 9.17) is 5.11 Å². The second-order valence-electron chi connectivity index (χ2n) is 4.96. The molecule has 3 N–H and O–H groups in total. The number of hydrogen-bond donors (Lipinski definition) is 3. The molecule has 1 atom stereocenters. The summed E-state index contributed by atoms with van der Waals surface area (Å²) in [5.41, 5.74) is 0.978. The first-order chi connectivity index (χ1) is 8.97. The van der Waals surface area contributed by atoms with Crippen LogP contribution in [0.3, 0.4) is 0 Å². The van der Waals surface area contributed by atoms with E-state index in [1.54, 1.807) is 6.07 Å². The number of aliphatic hydroxyl groups is 1. The number of carboxylic acids is 1. The van der Waals surface area contributed by atoms with Gasteiger partial charge in [-0.1, -0.05) is 27.2 Å². The maximum atomic E-state index is 11.1. The molecule has 0 spiro atoms. The van der Waals surface area contributed by atoms with Crippen molar-refractivity contribution in [2.24, 2.45) is 5.92 Å². The first-order valence-corrected chi connectivity index (χ1v) is 6.59. The van der Waals surface area contributed by atoms with Gasteiger partial charge in [-0.25, -0.2) is 9.78 Å². The number of anilines is 1. The minimum absolute atomic E-state index is 0.0141. The standard InChI is InChI=1S/C14H22N2O3/c1-4-5-11-6-10(14(18)19)7-13(15-11)16-12(8-17)9(2)3/h6-7,9,12,17H,4-5,8H2,1-3H3,(H,15,16)(H,18,19)/t12-/m1/s1. The van der Waals surface area contributed by atoms with Gasteiger partial charge >= 0.3 is 5.97 Å². The van der Waals surface area contributed by atoms with Gasteiger partial charge in [-0.05, 0) is 24.5 Å². The molecule has 0 aromatic carbocycles. The third-order valence-corrected chi connectivity index (χ3v) is 2.97. The van der Waals surface area contributed by atoms with Crippen molar-refractivity contribution in [2.75, 3.05) is 11.9 Å². The van der Waals surface area contributed by atoms with Crippen LogP contribution in [-0.2, 0) is 6.42 Å². The van der Waals surface area contributed by atoms with Crippen molar-refractivity contribution in [2.45, 2.75) is 39.7 Å². The highest BCUT2D eigenvalue weighted by Gasteiger charge is 2.14. The molecule has 1 heterocycles. The quantitative estimate of drug-likeness (QED) is 0.704. The Morgan fingerprint density at radius 3 is 2.58 bits per heavy atom. The van der Waals surface area contributed by atoms with Crippen molar-refractivity contribution in [1.82, 2.24) is 4.98 Å². The zero-order valence-electron chi connectivity index (χ0n) is 11.7. The summed E-state index contributed by atoms with van der Waals surface area (Å²) in [6, 6.07) is 2.97. The Hall–Kier alpha value is -1.62. The number of nitrogens with zero attached hydrogens (tertiary/aromatic N) is 1. The number of aromatic nitrogens is 1. The Balaban J connectivity index is 3.01. The predicted molar refractivity (Wildman–Crippen MR) is 74.5 cm³/mol. The van der Waals surface area contributed by atoms with Crippen LogP contribution in [0, 0.1) is 5.92 Å². The van der Waals surface area contributed by atoms with E-state index >= 15 is 0 Å². The van der Waals surface area contributed by atoms with Crippen LogP contribution in [-0.4, -0.2) is 33.8 Å². The second-order valence-corrected chi connectivity index (χ2v) is 4.96. The highest BCUT2D eigenvalue weighted by atomic mass is 16.4. The number of pyridine rings is 1.